The molecule has 12 heteroatoms. The summed E-state index contributed by atoms with van der Waals surface area (Å²) in [4.78, 5) is 23.3. The van der Waals surface area contributed by atoms with Gasteiger partial charge in [0.25, 0.3) is 0 Å². The number of carbonyl (C=O) groups excluding carboxylic acids is 1. The second-order valence-electron chi connectivity index (χ2n) is 10.0. The molecule has 0 aromatic heterocycles. The molecular formula is C28H38Cl2N6O4. The van der Waals surface area contributed by atoms with E-state index in [9.17, 15) is 9.90 Å². The molecule has 1 aromatic rings. The molecule has 4 rings (SSSR count). The van der Waals surface area contributed by atoms with Crippen LogP contribution < -0.4 is 20.1 Å². The third-order valence-corrected chi connectivity index (χ3v) is 8.06. The number of rotatable bonds is 10. The number of halogens is 2. The van der Waals surface area contributed by atoms with Gasteiger partial charge < -0.3 is 35.0 Å². The number of aliphatic hydroxyl groups excluding tert-OH is 1. The molecule has 1 amide bonds. The van der Waals surface area contributed by atoms with Crippen LogP contribution in [0, 0.1) is 0 Å². The normalized spacial score (nSPS) is 19.9. The minimum atomic E-state index is -0.217. The largest absolute Gasteiger partial charge is 0.495 e. The summed E-state index contributed by atoms with van der Waals surface area (Å²) in [6, 6.07) is 1.55. The number of guanidine groups is 1. The standard InChI is InChI=1S/C28H38Cl2N6O4/c1-5-23(38)35-11-9-34(10-12-35)7-6-8-36-16-20(24-25(29)21(39-3)14-22(40-4)26(24)30)13-19-15-31-28(33-27(19)36)32-18(2)17-37/h5,14-16,18,27,37H,1,6-13,17H2,2-4H3,(H2,31,32,33)/t18?,27-/m0/s1. The molecule has 2 atom stereocenters. The summed E-state index contributed by atoms with van der Waals surface area (Å²) in [5, 5.41) is 16.8. The third-order valence-electron chi connectivity index (χ3n) is 7.31. The van der Waals surface area contributed by atoms with E-state index >= 15 is 0 Å². The average Bonchev–Trinajstić information content (AvgIpc) is 2.97. The molecule has 0 radical (unpaired) electrons. The second kappa shape index (κ2) is 13.6. The molecule has 0 aliphatic carbocycles. The lowest BCUT2D eigenvalue weighted by atomic mass is 9.93. The van der Waals surface area contributed by atoms with Gasteiger partial charge in [-0.2, -0.15) is 0 Å². The van der Waals surface area contributed by atoms with Crippen molar-refractivity contribution < 1.29 is 19.4 Å². The maximum absolute atomic E-state index is 11.9. The van der Waals surface area contributed by atoms with Gasteiger partial charge in [0.05, 0.1) is 30.9 Å². The highest BCUT2D eigenvalue weighted by Gasteiger charge is 2.32. The van der Waals surface area contributed by atoms with Crippen LogP contribution in [0.25, 0.3) is 5.57 Å². The van der Waals surface area contributed by atoms with Crippen LogP contribution >= 0.6 is 23.2 Å². The van der Waals surface area contributed by atoms with Gasteiger partial charge in [-0.3, -0.25) is 9.69 Å². The monoisotopic (exact) mass is 592 g/mol. The fourth-order valence-corrected chi connectivity index (χ4v) is 5.85. The average molecular weight is 594 g/mol. The van der Waals surface area contributed by atoms with Crippen molar-refractivity contribution in [2.24, 2.45) is 4.99 Å². The minimum Gasteiger partial charge on any atom is -0.495 e. The number of ether oxygens (including phenoxy) is 2. The van der Waals surface area contributed by atoms with Gasteiger partial charge in [-0.05, 0) is 37.1 Å². The highest BCUT2D eigenvalue weighted by Crippen LogP contribution is 2.47. The number of carbonyl (C=O) groups is 1. The molecule has 0 saturated carbocycles. The first-order valence-corrected chi connectivity index (χ1v) is 14.2. The Labute approximate surface area is 245 Å². The van der Waals surface area contributed by atoms with E-state index in [0.29, 0.717) is 52.6 Å². The second-order valence-corrected chi connectivity index (χ2v) is 10.8. The maximum Gasteiger partial charge on any atom is 0.246 e. The van der Waals surface area contributed by atoms with Crippen LogP contribution in [0.5, 0.6) is 11.5 Å². The quantitative estimate of drug-likeness (QED) is 0.356. The van der Waals surface area contributed by atoms with Gasteiger partial charge in [-0.25, -0.2) is 4.99 Å². The number of nitrogens with zero attached hydrogens (tertiary/aromatic N) is 4. The molecule has 1 aromatic carbocycles. The van der Waals surface area contributed by atoms with Crippen LogP contribution in [0.3, 0.4) is 0 Å². The number of benzene rings is 1. The van der Waals surface area contributed by atoms with E-state index in [4.69, 9.17) is 37.7 Å². The summed E-state index contributed by atoms with van der Waals surface area (Å²) in [6.45, 7) is 10.2. The lowest BCUT2D eigenvalue weighted by Gasteiger charge is -2.39. The van der Waals surface area contributed by atoms with E-state index in [0.717, 1.165) is 43.7 Å². The molecular weight excluding hydrogens is 555 g/mol. The summed E-state index contributed by atoms with van der Waals surface area (Å²) in [7, 11) is 3.13. The number of fused-ring (bicyclic) bond motifs is 1. The Morgan fingerprint density at radius 1 is 1.23 bits per heavy atom. The van der Waals surface area contributed by atoms with Crippen molar-refractivity contribution in [2.45, 2.75) is 32.0 Å². The third kappa shape index (κ3) is 6.68. The molecule has 1 fully saturated rings. The summed E-state index contributed by atoms with van der Waals surface area (Å²) in [6.07, 6.45) is 6.67. The number of aliphatic imine (C=N–C) groups is 1. The van der Waals surface area contributed by atoms with Gasteiger partial charge in [-0.15, -0.1) is 0 Å². The van der Waals surface area contributed by atoms with Crippen LogP contribution in [-0.2, 0) is 4.79 Å². The van der Waals surface area contributed by atoms with Crippen molar-refractivity contribution in [3.63, 3.8) is 0 Å². The highest BCUT2D eigenvalue weighted by molar-refractivity contribution is 6.39. The smallest absolute Gasteiger partial charge is 0.246 e. The van der Waals surface area contributed by atoms with Crippen LogP contribution in [0.4, 0.5) is 0 Å². The highest BCUT2D eigenvalue weighted by atomic mass is 35.5. The van der Waals surface area contributed by atoms with Crippen LogP contribution in [0.15, 0.2) is 41.7 Å². The number of amides is 1. The van der Waals surface area contributed by atoms with Crippen LogP contribution in [-0.4, -0.2) is 104 Å². The van der Waals surface area contributed by atoms with E-state index in [1.165, 1.54) is 6.08 Å². The number of hydrogen-bond donors (Lipinski definition) is 3. The van der Waals surface area contributed by atoms with E-state index in [-0.39, 0.29) is 24.7 Å². The minimum absolute atomic E-state index is 0.00393. The van der Waals surface area contributed by atoms with Crippen molar-refractivity contribution in [1.82, 2.24) is 25.3 Å². The SMILES string of the molecule is C=CC(=O)N1CCN(CCCN2C=C(c3c(Cl)c(OC)cc(OC)c3Cl)CC3=CNC(NC(C)CO)=N[C@H]32)CC1. The Kier molecular flexibility index (Phi) is 10.2. The zero-order valence-corrected chi connectivity index (χ0v) is 24.8. The summed E-state index contributed by atoms with van der Waals surface area (Å²) in [5.74, 6) is 1.57. The molecule has 3 aliphatic heterocycles. The fraction of sp³-hybridized carbons (Fsp3) is 0.500. The van der Waals surface area contributed by atoms with Crippen molar-refractivity contribution >= 4 is 40.6 Å². The Bertz CT molecular complexity index is 1170. The van der Waals surface area contributed by atoms with Gasteiger partial charge in [0, 0.05) is 69.2 Å². The Morgan fingerprint density at radius 3 is 2.50 bits per heavy atom. The molecule has 3 aliphatic rings. The first-order valence-electron chi connectivity index (χ1n) is 13.4. The van der Waals surface area contributed by atoms with Gasteiger partial charge >= 0.3 is 0 Å². The summed E-state index contributed by atoms with van der Waals surface area (Å²) < 4.78 is 11.0. The number of aliphatic hydroxyl groups is 1. The number of nitrogens with one attached hydrogen (secondary N) is 2. The van der Waals surface area contributed by atoms with Gasteiger partial charge in [0.2, 0.25) is 5.91 Å². The van der Waals surface area contributed by atoms with Gasteiger partial charge in [0.1, 0.15) is 17.7 Å². The Hall–Kier alpha value is -2.92. The Balaban J connectivity index is 1.57. The molecule has 1 unspecified atom stereocenters. The molecule has 0 spiro atoms. The molecule has 0 bridgehead atoms. The van der Waals surface area contributed by atoms with Crippen LogP contribution in [0.1, 0.15) is 25.3 Å². The molecule has 40 heavy (non-hydrogen) atoms. The lowest BCUT2D eigenvalue weighted by molar-refractivity contribution is -0.127. The number of piperazine rings is 1. The predicted octanol–water partition coefficient (Wildman–Crippen LogP) is 2.92. The first-order chi connectivity index (χ1) is 19.3. The number of methoxy groups -OCH3 is 2. The topological polar surface area (TPSA) is 102 Å². The Morgan fingerprint density at radius 2 is 1.90 bits per heavy atom. The number of hydrogen-bond acceptors (Lipinski definition) is 9. The van der Waals surface area contributed by atoms with E-state index in [2.05, 4.69) is 33.2 Å². The molecule has 3 heterocycles. The van der Waals surface area contributed by atoms with Crippen molar-refractivity contribution in [3.05, 3.63) is 52.3 Å². The predicted molar refractivity (Wildman–Crippen MR) is 159 cm³/mol. The van der Waals surface area contributed by atoms with Gasteiger partial charge in [0.15, 0.2) is 5.96 Å². The first kappa shape index (κ1) is 30.0. The molecule has 1 saturated heterocycles. The van der Waals surface area contributed by atoms with E-state index < -0.39 is 0 Å². The van der Waals surface area contributed by atoms with Crippen LogP contribution in [0.2, 0.25) is 10.0 Å². The van der Waals surface area contributed by atoms with Crippen molar-refractivity contribution in [2.75, 3.05) is 60.1 Å². The maximum atomic E-state index is 11.9. The van der Waals surface area contributed by atoms with Gasteiger partial charge in [-0.1, -0.05) is 29.8 Å². The fourth-order valence-electron chi connectivity index (χ4n) is 5.11. The lowest BCUT2D eigenvalue weighted by Crippen LogP contribution is -2.49. The summed E-state index contributed by atoms with van der Waals surface area (Å²) in [5.41, 5.74) is 2.67. The molecule has 3 N–H and O–H groups in total. The molecule has 10 nitrogen and oxygen atoms in total. The number of allylic oxidation sites excluding steroid dienone is 1. The van der Waals surface area contributed by atoms with Crippen molar-refractivity contribution in [1.29, 1.82) is 0 Å². The van der Waals surface area contributed by atoms with E-state index in [1.807, 2.05) is 18.0 Å². The summed E-state index contributed by atoms with van der Waals surface area (Å²) >= 11 is 13.6. The molecule has 218 valence electrons. The zero-order valence-electron chi connectivity index (χ0n) is 23.3. The van der Waals surface area contributed by atoms with E-state index in [1.54, 1.807) is 20.3 Å². The van der Waals surface area contributed by atoms with Crippen molar-refractivity contribution in [3.8, 4) is 11.5 Å². The zero-order chi connectivity index (χ0) is 28.8.